The summed E-state index contributed by atoms with van der Waals surface area (Å²) in [6.07, 6.45) is -9.20. The normalized spacial score (nSPS) is 11.3. The summed E-state index contributed by atoms with van der Waals surface area (Å²) >= 11 is 0. The Labute approximate surface area is 134 Å². The highest BCUT2D eigenvalue weighted by molar-refractivity contribution is 5.27. The number of hydrogen-bond donors (Lipinski definition) is 0. The second-order valence-corrected chi connectivity index (χ2v) is 4.72. The Kier molecular flexibility index (Phi) is 6.51. The van der Waals surface area contributed by atoms with Crippen molar-refractivity contribution >= 4 is 0 Å². The average Bonchev–Trinajstić information content (AvgIpc) is 2.42. The number of benzene rings is 2. The molecule has 0 heterocycles. The lowest BCUT2D eigenvalue weighted by Gasteiger charge is -2.08. The zero-order chi connectivity index (χ0) is 18.4. The summed E-state index contributed by atoms with van der Waals surface area (Å²) in [5.41, 5.74) is 1.79. The standard InChI is InChI=1S/2C8H7F3O/c2*1-6-2-4-7(5-3-6)12-8(9,10)11/h2*2-5H,1H3. The molecule has 0 aliphatic heterocycles. The van der Waals surface area contributed by atoms with E-state index in [1.54, 1.807) is 38.1 Å². The molecule has 0 saturated heterocycles. The van der Waals surface area contributed by atoms with Gasteiger partial charge in [-0.25, -0.2) is 0 Å². The quantitative estimate of drug-likeness (QED) is 0.637. The van der Waals surface area contributed by atoms with E-state index in [1.165, 1.54) is 24.3 Å². The van der Waals surface area contributed by atoms with Crippen molar-refractivity contribution in [3.05, 3.63) is 59.7 Å². The molecule has 0 spiro atoms. The molecule has 0 aliphatic carbocycles. The van der Waals surface area contributed by atoms with Crippen LogP contribution in [0.3, 0.4) is 0 Å². The molecule has 0 unspecified atom stereocenters. The van der Waals surface area contributed by atoms with Crippen molar-refractivity contribution in [3.63, 3.8) is 0 Å². The van der Waals surface area contributed by atoms with Crippen LogP contribution in [0.25, 0.3) is 0 Å². The maximum Gasteiger partial charge on any atom is 0.573 e. The third-order valence-electron chi connectivity index (χ3n) is 2.51. The van der Waals surface area contributed by atoms with Gasteiger partial charge in [-0.3, -0.25) is 0 Å². The van der Waals surface area contributed by atoms with E-state index >= 15 is 0 Å². The summed E-state index contributed by atoms with van der Waals surface area (Å²) in [5, 5.41) is 0. The Balaban J connectivity index is 0.000000240. The van der Waals surface area contributed by atoms with Gasteiger partial charge in [0.25, 0.3) is 0 Å². The van der Waals surface area contributed by atoms with Gasteiger partial charge >= 0.3 is 12.7 Å². The lowest BCUT2D eigenvalue weighted by molar-refractivity contribution is -0.275. The van der Waals surface area contributed by atoms with Gasteiger partial charge in [0.1, 0.15) is 11.5 Å². The molecule has 0 aliphatic rings. The fourth-order valence-electron chi connectivity index (χ4n) is 1.48. The molecule has 0 aromatic heterocycles. The van der Waals surface area contributed by atoms with Gasteiger partial charge in [-0.05, 0) is 38.1 Å². The van der Waals surface area contributed by atoms with Crippen LogP contribution < -0.4 is 9.47 Å². The topological polar surface area (TPSA) is 18.5 Å². The molecule has 0 bridgehead atoms. The van der Waals surface area contributed by atoms with Crippen LogP contribution in [0.5, 0.6) is 11.5 Å². The predicted molar refractivity (Wildman–Crippen MR) is 75.7 cm³/mol. The van der Waals surface area contributed by atoms with Crippen LogP contribution >= 0.6 is 0 Å². The zero-order valence-electron chi connectivity index (χ0n) is 12.7. The average molecular weight is 352 g/mol. The van der Waals surface area contributed by atoms with Crippen LogP contribution in [0.2, 0.25) is 0 Å². The number of ether oxygens (including phenoxy) is 2. The van der Waals surface area contributed by atoms with Crippen molar-refractivity contribution in [2.24, 2.45) is 0 Å². The Hall–Kier alpha value is -2.38. The van der Waals surface area contributed by atoms with Gasteiger partial charge in [0.05, 0.1) is 0 Å². The van der Waals surface area contributed by atoms with Gasteiger partial charge in [0.2, 0.25) is 0 Å². The number of rotatable bonds is 2. The first-order valence-corrected chi connectivity index (χ1v) is 6.59. The van der Waals surface area contributed by atoms with Crippen molar-refractivity contribution < 1.29 is 35.8 Å². The van der Waals surface area contributed by atoms with Crippen LogP contribution in [0.4, 0.5) is 26.3 Å². The first kappa shape index (κ1) is 19.7. The second kappa shape index (κ2) is 7.94. The zero-order valence-corrected chi connectivity index (χ0v) is 12.7. The summed E-state index contributed by atoms with van der Waals surface area (Å²) in [4.78, 5) is 0. The molecule has 8 heteroatoms. The largest absolute Gasteiger partial charge is 0.573 e. The highest BCUT2D eigenvalue weighted by Gasteiger charge is 2.31. The van der Waals surface area contributed by atoms with Crippen molar-refractivity contribution in [1.29, 1.82) is 0 Å². The highest BCUT2D eigenvalue weighted by Crippen LogP contribution is 2.23. The minimum Gasteiger partial charge on any atom is -0.406 e. The monoisotopic (exact) mass is 352 g/mol. The van der Waals surface area contributed by atoms with E-state index in [-0.39, 0.29) is 11.5 Å². The van der Waals surface area contributed by atoms with Crippen molar-refractivity contribution in [2.75, 3.05) is 0 Å². The molecular formula is C16H14F6O2. The van der Waals surface area contributed by atoms with Crippen LogP contribution in [-0.2, 0) is 0 Å². The number of aryl methyl sites for hydroxylation is 2. The molecular weight excluding hydrogens is 338 g/mol. The van der Waals surface area contributed by atoms with E-state index < -0.39 is 12.7 Å². The van der Waals surface area contributed by atoms with Crippen molar-refractivity contribution in [2.45, 2.75) is 26.6 Å². The summed E-state index contributed by atoms with van der Waals surface area (Å²) < 4.78 is 77.0. The van der Waals surface area contributed by atoms with E-state index in [9.17, 15) is 26.3 Å². The summed E-state index contributed by atoms with van der Waals surface area (Å²) in [7, 11) is 0. The molecule has 2 aromatic rings. The van der Waals surface area contributed by atoms with Gasteiger partial charge in [-0.15, -0.1) is 26.3 Å². The van der Waals surface area contributed by atoms with E-state index in [2.05, 4.69) is 9.47 Å². The van der Waals surface area contributed by atoms with Gasteiger partial charge < -0.3 is 9.47 Å². The van der Waals surface area contributed by atoms with Crippen LogP contribution in [0, 0.1) is 13.8 Å². The molecule has 0 amide bonds. The van der Waals surface area contributed by atoms with E-state index in [0.717, 1.165) is 11.1 Å². The highest BCUT2D eigenvalue weighted by atomic mass is 19.4. The molecule has 2 nitrogen and oxygen atoms in total. The Morgan fingerprint density at radius 3 is 1.00 bits per heavy atom. The van der Waals surface area contributed by atoms with Crippen LogP contribution in [0.15, 0.2) is 48.5 Å². The first-order chi connectivity index (χ1) is 10.9. The SMILES string of the molecule is Cc1ccc(OC(F)(F)F)cc1.Cc1ccc(OC(F)(F)F)cc1. The Morgan fingerprint density at radius 1 is 0.542 bits per heavy atom. The minimum atomic E-state index is -4.60. The maximum absolute atomic E-state index is 11.6. The molecule has 24 heavy (non-hydrogen) atoms. The van der Waals surface area contributed by atoms with E-state index in [1.807, 2.05) is 0 Å². The molecule has 132 valence electrons. The van der Waals surface area contributed by atoms with E-state index in [4.69, 9.17) is 0 Å². The maximum atomic E-state index is 11.6. The fourth-order valence-corrected chi connectivity index (χ4v) is 1.48. The first-order valence-electron chi connectivity index (χ1n) is 6.59. The van der Waals surface area contributed by atoms with Crippen LogP contribution in [-0.4, -0.2) is 12.7 Å². The fraction of sp³-hybridized carbons (Fsp3) is 0.250. The number of alkyl halides is 6. The molecule has 0 atom stereocenters. The summed E-state index contributed by atoms with van der Waals surface area (Å²) in [6.45, 7) is 3.58. The molecule has 0 radical (unpaired) electrons. The summed E-state index contributed by atoms with van der Waals surface area (Å²) in [5.74, 6) is -0.374. The second-order valence-electron chi connectivity index (χ2n) is 4.72. The summed E-state index contributed by atoms with van der Waals surface area (Å²) in [6, 6.07) is 11.3. The lowest BCUT2D eigenvalue weighted by atomic mass is 10.2. The molecule has 0 N–H and O–H groups in total. The van der Waals surface area contributed by atoms with Crippen molar-refractivity contribution in [3.8, 4) is 11.5 Å². The van der Waals surface area contributed by atoms with Gasteiger partial charge in [0, 0.05) is 0 Å². The Bertz CT molecular complexity index is 558. The molecule has 0 saturated carbocycles. The minimum absolute atomic E-state index is 0.187. The lowest BCUT2D eigenvalue weighted by Crippen LogP contribution is -2.16. The molecule has 2 aromatic carbocycles. The van der Waals surface area contributed by atoms with Gasteiger partial charge in [0.15, 0.2) is 0 Å². The van der Waals surface area contributed by atoms with Gasteiger partial charge in [-0.1, -0.05) is 35.4 Å². The number of halogens is 6. The number of hydrogen-bond acceptors (Lipinski definition) is 2. The Morgan fingerprint density at radius 2 is 0.792 bits per heavy atom. The van der Waals surface area contributed by atoms with Crippen LogP contribution in [0.1, 0.15) is 11.1 Å². The third kappa shape index (κ3) is 8.92. The van der Waals surface area contributed by atoms with Gasteiger partial charge in [-0.2, -0.15) is 0 Å². The van der Waals surface area contributed by atoms with Crippen molar-refractivity contribution in [1.82, 2.24) is 0 Å². The third-order valence-corrected chi connectivity index (χ3v) is 2.51. The smallest absolute Gasteiger partial charge is 0.406 e. The molecule has 2 rings (SSSR count). The molecule has 0 fully saturated rings. The van der Waals surface area contributed by atoms with E-state index in [0.29, 0.717) is 0 Å². The predicted octanol–water partition coefficient (Wildman–Crippen LogP) is 5.79.